The second-order valence-electron chi connectivity index (χ2n) is 3.96. The Morgan fingerprint density at radius 3 is 2.95 bits per heavy atom. The second kappa shape index (κ2) is 5.43. The Morgan fingerprint density at radius 1 is 1.38 bits per heavy atom. The van der Waals surface area contributed by atoms with Gasteiger partial charge >= 0.3 is 123 Å². The van der Waals surface area contributed by atoms with Crippen LogP contribution >= 0.6 is 0 Å². The molecule has 0 aliphatic carbocycles. The zero-order chi connectivity index (χ0) is 14.8. The minimum atomic E-state index is -0.657. The van der Waals surface area contributed by atoms with Crippen molar-refractivity contribution in [3.05, 3.63) is 35.5 Å². The summed E-state index contributed by atoms with van der Waals surface area (Å²) < 4.78 is 13.1. The van der Waals surface area contributed by atoms with Crippen LogP contribution in [0.2, 0.25) is 0 Å². The molecule has 0 aliphatic rings. The van der Waals surface area contributed by atoms with Crippen LogP contribution in [0.1, 0.15) is 22.1 Å². The van der Waals surface area contributed by atoms with E-state index in [0.29, 0.717) is 17.0 Å². The van der Waals surface area contributed by atoms with Gasteiger partial charge in [0.1, 0.15) is 0 Å². The van der Waals surface area contributed by atoms with Crippen molar-refractivity contribution in [2.75, 3.05) is 0 Å². The topological polar surface area (TPSA) is 129 Å². The van der Waals surface area contributed by atoms with Crippen LogP contribution in [-0.2, 0) is 4.84 Å². The fraction of sp³-hybridized carbons (Fsp3) is 0.0909. The standard InChI is InChI=1S/C11H8N6O3Se/c1-5-13-10(15-19-5)9(12)14-20-11(18)6-2-3-7-8(4-6)17-21-16-7/h2-4H,1H3,(H2,12,14). The summed E-state index contributed by atoms with van der Waals surface area (Å²) in [5, 5.41) is 7.04. The quantitative estimate of drug-likeness (QED) is 0.227. The summed E-state index contributed by atoms with van der Waals surface area (Å²) in [6.07, 6.45) is 0. The van der Waals surface area contributed by atoms with E-state index >= 15 is 0 Å². The van der Waals surface area contributed by atoms with Crippen LogP contribution in [0.4, 0.5) is 0 Å². The number of aryl methyl sites for hydroxylation is 1. The van der Waals surface area contributed by atoms with E-state index < -0.39 is 5.97 Å². The predicted octanol–water partition coefficient (Wildman–Crippen LogP) is -0.144. The van der Waals surface area contributed by atoms with Crippen LogP contribution in [0.3, 0.4) is 0 Å². The molecule has 3 rings (SSSR count). The molecule has 0 saturated heterocycles. The number of nitrogens with zero attached hydrogens (tertiary/aromatic N) is 5. The van der Waals surface area contributed by atoms with Crippen LogP contribution in [0.5, 0.6) is 0 Å². The zero-order valence-corrected chi connectivity index (χ0v) is 12.4. The van der Waals surface area contributed by atoms with E-state index in [9.17, 15) is 4.79 Å². The van der Waals surface area contributed by atoms with Crippen molar-refractivity contribution in [2.24, 2.45) is 10.9 Å². The predicted molar refractivity (Wildman–Crippen MR) is 71.7 cm³/mol. The van der Waals surface area contributed by atoms with Crippen LogP contribution in [-0.4, -0.2) is 44.9 Å². The first-order valence-corrected chi connectivity index (χ1v) is 7.24. The van der Waals surface area contributed by atoms with Gasteiger partial charge in [0.2, 0.25) is 0 Å². The van der Waals surface area contributed by atoms with Gasteiger partial charge in [-0.25, -0.2) is 0 Å². The summed E-state index contributed by atoms with van der Waals surface area (Å²) in [4.78, 5) is 20.5. The Labute approximate surface area is 124 Å². The minimum absolute atomic E-state index is 0.0609. The molecule has 9 nitrogen and oxygen atoms in total. The van der Waals surface area contributed by atoms with Crippen molar-refractivity contribution >= 4 is 37.8 Å². The van der Waals surface area contributed by atoms with E-state index in [0.717, 1.165) is 5.52 Å². The molecule has 0 amide bonds. The summed E-state index contributed by atoms with van der Waals surface area (Å²) in [5.41, 5.74) is 7.34. The van der Waals surface area contributed by atoms with Crippen LogP contribution in [0.15, 0.2) is 27.9 Å². The monoisotopic (exact) mass is 352 g/mol. The van der Waals surface area contributed by atoms with Crippen molar-refractivity contribution in [1.82, 2.24) is 18.1 Å². The normalized spacial score (nSPS) is 11.8. The van der Waals surface area contributed by atoms with Crippen molar-refractivity contribution in [1.29, 1.82) is 0 Å². The second-order valence-corrected chi connectivity index (χ2v) is 5.07. The number of nitrogens with two attached hydrogens (primary N) is 1. The fourth-order valence-electron chi connectivity index (χ4n) is 1.50. The molecule has 0 spiro atoms. The number of carbonyl (C=O) groups excluding carboxylic acids is 1. The Balaban J connectivity index is 1.76. The molecule has 0 radical (unpaired) electrons. The van der Waals surface area contributed by atoms with Gasteiger partial charge in [0, 0.05) is 0 Å². The van der Waals surface area contributed by atoms with Gasteiger partial charge in [0.15, 0.2) is 0 Å². The first-order valence-electron chi connectivity index (χ1n) is 5.71. The van der Waals surface area contributed by atoms with Gasteiger partial charge in [-0.1, -0.05) is 0 Å². The van der Waals surface area contributed by atoms with Crippen molar-refractivity contribution in [3.8, 4) is 0 Å². The molecule has 0 fully saturated rings. The summed E-state index contributed by atoms with van der Waals surface area (Å²) >= 11 is -0.149. The Morgan fingerprint density at radius 2 is 2.19 bits per heavy atom. The Bertz CT molecular complexity index is 839. The molecule has 2 heterocycles. The number of fused-ring (bicyclic) bond motifs is 1. The van der Waals surface area contributed by atoms with Crippen LogP contribution < -0.4 is 5.73 Å². The van der Waals surface area contributed by atoms with E-state index in [1.54, 1.807) is 25.1 Å². The van der Waals surface area contributed by atoms with Gasteiger partial charge in [-0.3, -0.25) is 0 Å². The van der Waals surface area contributed by atoms with Gasteiger partial charge in [0.05, 0.1) is 0 Å². The fourth-order valence-corrected chi connectivity index (χ4v) is 2.58. The Kier molecular flexibility index (Phi) is 3.46. The molecule has 1 aromatic carbocycles. The molecule has 0 saturated carbocycles. The number of hydrogen-bond acceptors (Lipinski definition) is 8. The number of benzene rings is 1. The average Bonchev–Trinajstić information content (AvgIpc) is 3.12. The van der Waals surface area contributed by atoms with Gasteiger partial charge in [0.25, 0.3) is 0 Å². The first-order chi connectivity index (χ1) is 10.1. The van der Waals surface area contributed by atoms with Crippen molar-refractivity contribution in [2.45, 2.75) is 6.92 Å². The van der Waals surface area contributed by atoms with Crippen LogP contribution in [0.25, 0.3) is 11.0 Å². The third-order valence-electron chi connectivity index (χ3n) is 2.47. The molecule has 0 atom stereocenters. The molecule has 21 heavy (non-hydrogen) atoms. The van der Waals surface area contributed by atoms with Gasteiger partial charge < -0.3 is 0 Å². The molecule has 106 valence electrons. The van der Waals surface area contributed by atoms with Crippen LogP contribution in [0, 0.1) is 6.92 Å². The van der Waals surface area contributed by atoms with E-state index in [-0.39, 0.29) is 26.6 Å². The zero-order valence-electron chi connectivity index (χ0n) is 10.7. The first kappa shape index (κ1) is 13.4. The van der Waals surface area contributed by atoms with E-state index in [1.807, 2.05) is 0 Å². The maximum absolute atomic E-state index is 11.9. The van der Waals surface area contributed by atoms with Gasteiger partial charge in [-0.2, -0.15) is 0 Å². The molecule has 0 unspecified atom stereocenters. The number of amidine groups is 1. The number of hydrogen-bond donors (Lipinski definition) is 1. The molecular weight excluding hydrogens is 343 g/mol. The summed E-state index contributed by atoms with van der Waals surface area (Å²) in [6.45, 7) is 1.61. The molecule has 10 heteroatoms. The van der Waals surface area contributed by atoms with Crippen molar-refractivity contribution in [3.63, 3.8) is 0 Å². The van der Waals surface area contributed by atoms with E-state index in [1.165, 1.54) is 0 Å². The number of carbonyl (C=O) groups is 1. The molecule has 0 aliphatic heterocycles. The molecule has 2 N–H and O–H groups in total. The summed E-state index contributed by atoms with van der Waals surface area (Å²) in [7, 11) is 0. The summed E-state index contributed by atoms with van der Waals surface area (Å²) in [5.74, 6) is -0.411. The molecule has 2 aromatic heterocycles. The molecule has 0 bridgehead atoms. The third kappa shape index (κ3) is 2.81. The molecular formula is C11H8N6O3Se. The van der Waals surface area contributed by atoms with Gasteiger partial charge in [-0.05, 0) is 0 Å². The number of aromatic nitrogens is 4. The van der Waals surface area contributed by atoms with Gasteiger partial charge in [-0.15, -0.1) is 0 Å². The summed E-state index contributed by atoms with van der Waals surface area (Å²) in [6, 6.07) is 4.89. The third-order valence-corrected chi connectivity index (χ3v) is 3.64. The molecule has 3 aromatic rings. The number of rotatable bonds is 3. The van der Waals surface area contributed by atoms with E-state index in [4.69, 9.17) is 15.1 Å². The number of oxime groups is 1. The Hall–Kier alpha value is -2.58. The maximum atomic E-state index is 11.9. The average molecular weight is 351 g/mol. The van der Waals surface area contributed by atoms with E-state index in [2.05, 4.69) is 23.3 Å². The van der Waals surface area contributed by atoms with Crippen molar-refractivity contribution < 1.29 is 14.2 Å². The SMILES string of the molecule is Cc1nc(/C(N)=N\OC(=O)c2ccc3n[se]nc3c2)no1.